The summed E-state index contributed by atoms with van der Waals surface area (Å²) in [6.45, 7) is 4.03. The lowest BCUT2D eigenvalue weighted by Crippen LogP contribution is -2.36. The van der Waals surface area contributed by atoms with E-state index < -0.39 is 10.1 Å². The first-order valence-electron chi connectivity index (χ1n) is 11.1. The van der Waals surface area contributed by atoms with E-state index in [4.69, 9.17) is 18.6 Å². The van der Waals surface area contributed by atoms with Gasteiger partial charge >= 0.3 is 0 Å². The molecular weight excluding hydrogens is 462 g/mol. The van der Waals surface area contributed by atoms with Crippen LogP contribution in [0.4, 0.5) is 0 Å². The van der Waals surface area contributed by atoms with Crippen molar-refractivity contribution in [3.8, 4) is 11.5 Å². The Kier molecular flexibility index (Phi) is 7.25. The van der Waals surface area contributed by atoms with Gasteiger partial charge in [0.1, 0.15) is 0 Å². The second-order valence-corrected chi connectivity index (χ2v) is 10.7. The highest BCUT2D eigenvalue weighted by Crippen LogP contribution is 2.45. The molecule has 2 aromatic rings. The molecule has 1 aliphatic heterocycles. The van der Waals surface area contributed by atoms with Gasteiger partial charge in [-0.1, -0.05) is 11.8 Å². The van der Waals surface area contributed by atoms with E-state index in [1.54, 1.807) is 26.4 Å². The minimum atomic E-state index is -3.52. The summed E-state index contributed by atoms with van der Waals surface area (Å²) in [6.07, 6.45) is 7.13. The van der Waals surface area contributed by atoms with Crippen LogP contribution in [0.25, 0.3) is 0 Å². The van der Waals surface area contributed by atoms with Gasteiger partial charge in [0.15, 0.2) is 16.7 Å². The standard InChI is InChI=1S/C23H29N3O5S2/c1-5-30-21-10-16-17-9-15(31-33(27,28)6-2)7-8-19(17)26-22(18(16)11-20(21)29-3)14-12-24-23(32-4)25-13-14/h10-13,15,17,19H,5-9H2,1-4H3/t15-,17-,19-/m1/s1. The fourth-order valence-electron chi connectivity index (χ4n) is 4.49. The zero-order valence-electron chi connectivity index (χ0n) is 19.3. The molecule has 1 aromatic carbocycles. The largest absolute Gasteiger partial charge is 0.493 e. The zero-order valence-corrected chi connectivity index (χ0v) is 20.9. The normalized spacial score (nSPS) is 22.2. The second kappa shape index (κ2) is 9.99. The van der Waals surface area contributed by atoms with E-state index in [0.717, 1.165) is 28.8 Å². The van der Waals surface area contributed by atoms with Crippen molar-refractivity contribution < 1.29 is 22.1 Å². The Morgan fingerprint density at radius 1 is 1.12 bits per heavy atom. The molecule has 2 heterocycles. The minimum Gasteiger partial charge on any atom is -0.493 e. The zero-order chi connectivity index (χ0) is 23.6. The summed E-state index contributed by atoms with van der Waals surface area (Å²) < 4.78 is 41.1. The van der Waals surface area contributed by atoms with E-state index in [9.17, 15) is 8.42 Å². The predicted octanol–water partition coefficient (Wildman–Crippen LogP) is 3.83. The van der Waals surface area contributed by atoms with Crippen LogP contribution in [-0.4, -0.2) is 62.0 Å². The van der Waals surface area contributed by atoms with Crippen molar-refractivity contribution in [2.45, 2.75) is 56.3 Å². The number of aliphatic imine (C=N–C) groups is 1. The quantitative estimate of drug-likeness (QED) is 0.312. The van der Waals surface area contributed by atoms with Gasteiger partial charge in [-0.3, -0.25) is 9.18 Å². The third kappa shape index (κ3) is 5.02. The van der Waals surface area contributed by atoms with Crippen molar-refractivity contribution in [2.24, 2.45) is 4.99 Å². The Labute approximate surface area is 199 Å². The molecule has 0 N–H and O–H groups in total. The molecule has 0 bridgehead atoms. The number of methoxy groups -OCH3 is 1. The second-order valence-electron chi connectivity index (χ2n) is 8.01. The maximum atomic E-state index is 12.1. The fourth-order valence-corrected chi connectivity index (χ4v) is 5.53. The van der Waals surface area contributed by atoms with Gasteiger partial charge in [0.05, 0.1) is 37.3 Å². The lowest BCUT2D eigenvalue weighted by molar-refractivity contribution is 0.140. The Morgan fingerprint density at radius 3 is 2.52 bits per heavy atom. The molecule has 1 saturated carbocycles. The summed E-state index contributed by atoms with van der Waals surface area (Å²) in [5.41, 5.74) is 3.65. The van der Waals surface area contributed by atoms with Crippen LogP contribution >= 0.6 is 11.8 Å². The summed E-state index contributed by atoms with van der Waals surface area (Å²) in [4.78, 5) is 14.0. The van der Waals surface area contributed by atoms with Crippen LogP contribution in [0, 0.1) is 0 Å². The molecule has 1 aromatic heterocycles. The molecular formula is C23H29N3O5S2. The lowest BCUT2D eigenvalue weighted by atomic mass is 9.74. The smallest absolute Gasteiger partial charge is 0.267 e. The summed E-state index contributed by atoms with van der Waals surface area (Å²) >= 11 is 1.49. The van der Waals surface area contributed by atoms with Crippen LogP contribution in [0.2, 0.25) is 0 Å². The average molecular weight is 492 g/mol. The third-order valence-corrected chi connectivity index (χ3v) is 7.92. The number of hydrogen-bond donors (Lipinski definition) is 0. The van der Waals surface area contributed by atoms with E-state index >= 15 is 0 Å². The number of hydrogen-bond acceptors (Lipinski definition) is 9. The van der Waals surface area contributed by atoms with Crippen molar-refractivity contribution in [2.75, 3.05) is 25.7 Å². The molecule has 0 amide bonds. The van der Waals surface area contributed by atoms with Crippen LogP contribution in [-0.2, 0) is 14.3 Å². The van der Waals surface area contributed by atoms with Crippen molar-refractivity contribution in [3.63, 3.8) is 0 Å². The molecule has 4 rings (SSSR count). The van der Waals surface area contributed by atoms with Gasteiger partial charge in [0.2, 0.25) is 0 Å². The van der Waals surface area contributed by atoms with E-state index in [1.807, 2.05) is 25.3 Å². The molecule has 1 aliphatic carbocycles. The molecule has 2 aliphatic rings. The molecule has 10 heteroatoms. The molecule has 0 unspecified atom stereocenters. The molecule has 0 saturated heterocycles. The van der Waals surface area contributed by atoms with Crippen LogP contribution in [0.15, 0.2) is 34.7 Å². The maximum absolute atomic E-state index is 12.1. The number of thioether (sulfide) groups is 1. The van der Waals surface area contributed by atoms with Gasteiger partial charge in [-0.15, -0.1) is 0 Å². The van der Waals surface area contributed by atoms with Crippen LogP contribution in [0.3, 0.4) is 0 Å². The fraction of sp³-hybridized carbons (Fsp3) is 0.522. The number of aromatic nitrogens is 2. The number of nitrogens with zero attached hydrogens (tertiary/aromatic N) is 3. The molecule has 178 valence electrons. The Bertz CT molecular complexity index is 1140. The van der Waals surface area contributed by atoms with Crippen LogP contribution < -0.4 is 9.47 Å². The van der Waals surface area contributed by atoms with Crippen molar-refractivity contribution in [1.29, 1.82) is 0 Å². The molecule has 3 atom stereocenters. The van der Waals surface area contributed by atoms with E-state index in [0.29, 0.717) is 36.1 Å². The van der Waals surface area contributed by atoms with Crippen LogP contribution in [0.1, 0.15) is 55.7 Å². The van der Waals surface area contributed by atoms with Gasteiger partial charge < -0.3 is 9.47 Å². The number of benzene rings is 1. The van der Waals surface area contributed by atoms with Crippen molar-refractivity contribution in [3.05, 3.63) is 41.2 Å². The van der Waals surface area contributed by atoms with Gasteiger partial charge in [0, 0.05) is 29.4 Å². The molecule has 1 fully saturated rings. The monoisotopic (exact) mass is 491 g/mol. The van der Waals surface area contributed by atoms with Gasteiger partial charge in [0.25, 0.3) is 10.1 Å². The van der Waals surface area contributed by atoms with E-state index in [-0.39, 0.29) is 23.8 Å². The number of rotatable bonds is 8. The van der Waals surface area contributed by atoms with Gasteiger partial charge in [-0.2, -0.15) is 8.42 Å². The summed E-state index contributed by atoms with van der Waals surface area (Å²) in [7, 11) is -1.91. The SMILES string of the molecule is CCOc1cc2c(cc1OC)C(c1cnc(SC)nc1)=N[C@@H]1CC[C@@H](OS(=O)(=O)CC)C[C@H]21. The predicted molar refractivity (Wildman–Crippen MR) is 128 cm³/mol. The number of ether oxygens (including phenoxy) is 2. The lowest BCUT2D eigenvalue weighted by Gasteiger charge is -2.38. The maximum Gasteiger partial charge on any atom is 0.267 e. The highest BCUT2D eigenvalue weighted by molar-refractivity contribution is 7.98. The first kappa shape index (κ1) is 24.0. The average Bonchev–Trinajstić information content (AvgIpc) is 2.83. The van der Waals surface area contributed by atoms with Crippen molar-refractivity contribution in [1.82, 2.24) is 9.97 Å². The summed E-state index contributed by atoms with van der Waals surface area (Å²) in [5, 5.41) is 0.701. The molecule has 33 heavy (non-hydrogen) atoms. The highest BCUT2D eigenvalue weighted by atomic mass is 32.2. The molecule has 0 spiro atoms. The Hall–Kier alpha value is -2.17. The van der Waals surface area contributed by atoms with Crippen molar-refractivity contribution >= 4 is 27.6 Å². The van der Waals surface area contributed by atoms with Gasteiger partial charge in [-0.25, -0.2) is 9.97 Å². The topological polar surface area (TPSA) is 100.0 Å². The Morgan fingerprint density at radius 2 is 1.88 bits per heavy atom. The summed E-state index contributed by atoms with van der Waals surface area (Å²) in [5.74, 6) is 1.28. The first-order chi connectivity index (χ1) is 15.9. The van der Waals surface area contributed by atoms with Gasteiger partial charge in [-0.05, 0) is 57.1 Å². The van der Waals surface area contributed by atoms with E-state index in [2.05, 4.69) is 9.97 Å². The number of fused-ring (bicyclic) bond motifs is 3. The van der Waals surface area contributed by atoms with Crippen LogP contribution in [0.5, 0.6) is 11.5 Å². The summed E-state index contributed by atoms with van der Waals surface area (Å²) in [6, 6.07) is 3.97. The minimum absolute atomic E-state index is 0.0137. The van der Waals surface area contributed by atoms with E-state index in [1.165, 1.54) is 11.8 Å². The molecule has 0 radical (unpaired) electrons. The Balaban J connectivity index is 1.78. The highest BCUT2D eigenvalue weighted by Gasteiger charge is 2.39. The molecule has 8 nitrogen and oxygen atoms in total. The third-order valence-electron chi connectivity index (χ3n) is 6.07. The first-order valence-corrected chi connectivity index (χ1v) is 13.9.